The van der Waals surface area contributed by atoms with Crippen LogP contribution >= 0.6 is 11.3 Å². The van der Waals surface area contributed by atoms with Crippen LogP contribution in [0.4, 0.5) is 0 Å². The second-order valence-corrected chi connectivity index (χ2v) is 5.03. The summed E-state index contributed by atoms with van der Waals surface area (Å²) in [5, 5.41) is 20.9. The zero-order valence-corrected chi connectivity index (χ0v) is 10.6. The minimum Gasteiger partial charge on any atom is -0.507 e. The normalized spacial score (nSPS) is 12.3. The quantitative estimate of drug-likeness (QED) is 0.794. The molecule has 4 nitrogen and oxygen atoms in total. The highest BCUT2D eigenvalue weighted by molar-refractivity contribution is 7.10. The van der Waals surface area contributed by atoms with Crippen LogP contribution in [-0.4, -0.2) is 16.2 Å². The van der Waals surface area contributed by atoms with Crippen molar-refractivity contribution in [1.82, 2.24) is 0 Å². The molecule has 0 spiro atoms. The van der Waals surface area contributed by atoms with Crippen LogP contribution in [0, 0.1) is 6.92 Å². The van der Waals surface area contributed by atoms with Crippen molar-refractivity contribution in [3.05, 3.63) is 51.2 Å². The maximum atomic E-state index is 11.0. The van der Waals surface area contributed by atoms with Crippen LogP contribution in [0.15, 0.2) is 29.6 Å². The maximum absolute atomic E-state index is 11.0. The van der Waals surface area contributed by atoms with Gasteiger partial charge in [0, 0.05) is 10.4 Å². The van der Waals surface area contributed by atoms with E-state index in [1.165, 1.54) is 17.4 Å². The number of phenols is 1. The van der Waals surface area contributed by atoms with Gasteiger partial charge in [0.05, 0.1) is 6.04 Å². The number of rotatable bonds is 3. The molecule has 0 aliphatic rings. The molecule has 94 valence electrons. The van der Waals surface area contributed by atoms with Gasteiger partial charge in [0.2, 0.25) is 0 Å². The Morgan fingerprint density at radius 3 is 2.72 bits per heavy atom. The third-order valence-electron chi connectivity index (χ3n) is 2.70. The van der Waals surface area contributed by atoms with Crippen LogP contribution in [0.25, 0.3) is 0 Å². The smallest absolute Gasteiger partial charge is 0.339 e. The van der Waals surface area contributed by atoms with E-state index >= 15 is 0 Å². The number of aryl methyl sites for hydroxylation is 1. The highest BCUT2D eigenvalue weighted by Gasteiger charge is 2.20. The molecule has 0 aliphatic carbocycles. The zero-order chi connectivity index (χ0) is 13.3. The molecule has 0 saturated carbocycles. The van der Waals surface area contributed by atoms with Gasteiger partial charge in [0.25, 0.3) is 0 Å². The Hall–Kier alpha value is -1.85. The van der Waals surface area contributed by atoms with E-state index in [2.05, 4.69) is 0 Å². The van der Waals surface area contributed by atoms with E-state index in [0.29, 0.717) is 5.56 Å². The topological polar surface area (TPSA) is 83.5 Å². The second-order valence-electron chi connectivity index (χ2n) is 4.05. The van der Waals surface area contributed by atoms with Gasteiger partial charge in [-0.25, -0.2) is 4.79 Å². The first-order valence-electron chi connectivity index (χ1n) is 5.36. The van der Waals surface area contributed by atoms with Crippen LogP contribution in [-0.2, 0) is 0 Å². The molecule has 1 heterocycles. The van der Waals surface area contributed by atoms with E-state index in [1.54, 1.807) is 13.0 Å². The van der Waals surface area contributed by atoms with Gasteiger partial charge in [0.15, 0.2) is 0 Å². The van der Waals surface area contributed by atoms with E-state index in [9.17, 15) is 9.90 Å². The fourth-order valence-corrected chi connectivity index (χ4v) is 2.57. The molecule has 2 rings (SSSR count). The lowest BCUT2D eigenvalue weighted by Crippen LogP contribution is -2.12. The summed E-state index contributed by atoms with van der Waals surface area (Å²) in [6, 6.07) is 6.36. The number of benzene rings is 1. The van der Waals surface area contributed by atoms with Crippen LogP contribution in [0.1, 0.15) is 32.4 Å². The lowest BCUT2D eigenvalue weighted by Gasteiger charge is -2.14. The lowest BCUT2D eigenvalue weighted by molar-refractivity contribution is 0.0693. The standard InChI is InChI=1S/C13H13NO3S/c1-7-5-8(11(14)10-3-2-4-18-10)12(15)9(6-7)13(16)17/h2-6,11,15H,14H2,1H3,(H,16,17)/t11-/m0/s1. The van der Waals surface area contributed by atoms with E-state index < -0.39 is 12.0 Å². The largest absolute Gasteiger partial charge is 0.507 e. The highest BCUT2D eigenvalue weighted by Crippen LogP contribution is 2.33. The average molecular weight is 263 g/mol. The summed E-state index contributed by atoms with van der Waals surface area (Å²) in [6.45, 7) is 1.77. The van der Waals surface area contributed by atoms with Gasteiger partial charge in [-0.3, -0.25) is 0 Å². The van der Waals surface area contributed by atoms with Gasteiger partial charge in [-0.05, 0) is 30.0 Å². The first-order chi connectivity index (χ1) is 8.50. The summed E-state index contributed by atoms with van der Waals surface area (Å²) in [4.78, 5) is 11.9. The van der Waals surface area contributed by atoms with Crippen molar-refractivity contribution in [3.8, 4) is 5.75 Å². The number of carboxylic acid groups (broad SMARTS) is 1. The first kappa shape index (κ1) is 12.6. The van der Waals surface area contributed by atoms with Gasteiger partial charge in [-0.15, -0.1) is 11.3 Å². The maximum Gasteiger partial charge on any atom is 0.339 e. The van der Waals surface area contributed by atoms with Gasteiger partial charge in [-0.2, -0.15) is 0 Å². The summed E-state index contributed by atoms with van der Waals surface area (Å²) in [6.07, 6.45) is 0. The van der Waals surface area contributed by atoms with E-state index in [4.69, 9.17) is 10.8 Å². The monoisotopic (exact) mass is 263 g/mol. The molecule has 4 N–H and O–H groups in total. The fraction of sp³-hybridized carbons (Fsp3) is 0.154. The molecule has 18 heavy (non-hydrogen) atoms. The van der Waals surface area contributed by atoms with Crippen LogP contribution in [0.2, 0.25) is 0 Å². The average Bonchev–Trinajstić information content (AvgIpc) is 2.84. The third kappa shape index (κ3) is 2.23. The predicted molar refractivity (Wildman–Crippen MR) is 70.2 cm³/mol. The van der Waals surface area contributed by atoms with Crippen molar-refractivity contribution < 1.29 is 15.0 Å². The Morgan fingerprint density at radius 2 is 2.17 bits per heavy atom. The Morgan fingerprint density at radius 1 is 1.44 bits per heavy atom. The van der Waals surface area contributed by atoms with Crippen molar-refractivity contribution in [2.45, 2.75) is 13.0 Å². The number of aromatic hydroxyl groups is 1. The fourth-order valence-electron chi connectivity index (χ4n) is 1.83. The molecular formula is C13H13NO3S. The lowest BCUT2D eigenvalue weighted by atomic mass is 9.98. The van der Waals surface area contributed by atoms with Crippen LogP contribution < -0.4 is 5.73 Å². The van der Waals surface area contributed by atoms with Crippen molar-refractivity contribution >= 4 is 17.3 Å². The van der Waals surface area contributed by atoms with Gasteiger partial charge in [0.1, 0.15) is 11.3 Å². The van der Waals surface area contributed by atoms with Crippen LogP contribution in [0.3, 0.4) is 0 Å². The molecule has 1 aromatic carbocycles. The minimum absolute atomic E-state index is 0.114. The summed E-state index contributed by atoms with van der Waals surface area (Å²) < 4.78 is 0. The van der Waals surface area contributed by atoms with Gasteiger partial charge >= 0.3 is 5.97 Å². The van der Waals surface area contributed by atoms with Crippen molar-refractivity contribution in [2.24, 2.45) is 5.73 Å². The Labute approximate surface area is 108 Å². The number of nitrogens with two attached hydrogens (primary N) is 1. The molecule has 0 fully saturated rings. The summed E-state index contributed by atoms with van der Waals surface area (Å²) in [5.74, 6) is -1.41. The van der Waals surface area contributed by atoms with E-state index in [-0.39, 0.29) is 11.3 Å². The van der Waals surface area contributed by atoms with Gasteiger partial charge in [-0.1, -0.05) is 12.1 Å². The summed E-state index contributed by atoms with van der Waals surface area (Å²) in [5.41, 5.74) is 7.14. The summed E-state index contributed by atoms with van der Waals surface area (Å²) >= 11 is 1.47. The Balaban J connectivity index is 2.54. The van der Waals surface area contributed by atoms with E-state index in [1.807, 2.05) is 17.5 Å². The minimum atomic E-state index is -1.16. The highest BCUT2D eigenvalue weighted by atomic mass is 32.1. The number of hydrogen-bond donors (Lipinski definition) is 3. The molecule has 5 heteroatoms. The first-order valence-corrected chi connectivity index (χ1v) is 6.24. The molecule has 0 bridgehead atoms. The molecule has 1 atom stereocenters. The van der Waals surface area contributed by atoms with E-state index in [0.717, 1.165) is 10.4 Å². The Bertz CT molecular complexity index is 578. The molecule has 0 unspecified atom stereocenters. The predicted octanol–water partition coefficient (Wildman–Crippen LogP) is 2.51. The number of hydrogen-bond acceptors (Lipinski definition) is 4. The number of thiophene rings is 1. The number of carboxylic acids is 1. The van der Waals surface area contributed by atoms with Crippen LogP contribution in [0.5, 0.6) is 5.75 Å². The molecule has 1 aromatic heterocycles. The van der Waals surface area contributed by atoms with Crippen molar-refractivity contribution in [2.75, 3.05) is 0 Å². The molecule has 0 radical (unpaired) electrons. The number of carbonyl (C=O) groups is 1. The SMILES string of the molecule is Cc1cc(C(=O)O)c(O)c([C@H](N)c2cccs2)c1. The number of aromatic carboxylic acids is 1. The zero-order valence-electron chi connectivity index (χ0n) is 9.75. The summed E-state index contributed by atoms with van der Waals surface area (Å²) in [7, 11) is 0. The van der Waals surface area contributed by atoms with Crippen molar-refractivity contribution in [1.29, 1.82) is 0 Å². The molecule has 2 aromatic rings. The molecular weight excluding hydrogens is 250 g/mol. The second kappa shape index (κ2) is 4.80. The molecule has 0 saturated heterocycles. The van der Waals surface area contributed by atoms with Gasteiger partial charge < -0.3 is 15.9 Å². The molecule has 0 amide bonds. The third-order valence-corrected chi connectivity index (χ3v) is 3.65. The Kier molecular flexibility index (Phi) is 3.36. The van der Waals surface area contributed by atoms with Crippen molar-refractivity contribution in [3.63, 3.8) is 0 Å². The molecule has 0 aliphatic heterocycles.